The van der Waals surface area contributed by atoms with E-state index in [-0.39, 0.29) is 18.4 Å². The highest BCUT2D eigenvalue weighted by molar-refractivity contribution is 7.09. The van der Waals surface area contributed by atoms with Gasteiger partial charge in [-0.1, -0.05) is 6.07 Å². The van der Waals surface area contributed by atoms with Gasteiger partial charge in [0.2, 0.25) is 5.91 Å². The number of aliphatic carboxylic acids is 1. The molecule has 2 rings (SSSR count). The van der Waals surface area contributed by atoms with Gasteiger partial charge in [0.05, 0.1) is 6.42 Å². The number of thiophene rings is 1. The second-order valence-corrected chi connectivity index (χ2v) is 5.95. The summed E-state index contributed by atoms with van der Waals surface area (Å²) in [6.45, 7) is 0.710. The number of carbonyl (C=O) groups excluding carboxylic acids is 1. The molecule has 2 heterocycles. The quantitative estimate of drug-likeness (QED) is 0.902. The summed E-state index contributed by atoms with van der Waals surface area (Å²) in [6, 6.07) is 3.91. The van der Waals surface area contributed by atoms with Crippen LogP contribution < -0.4 is 0 Å². The highest BCUT2D eigenvalue weighted by atomic mass is 32.1. The van der Waals surface area contributed by atoms with Crippen molar-refractivity contribution < 1.29 is 14.7 Å². The van der Waals surface area contributed by atoms with Crippen molar-refractivity contribution in [2.45, 2.75) is 44.6 Å². The molecule has 0 aromatic carbocycles. The molecule has 19 heavy (non-hydrogen) atoms. The van der Waals surface area contributed by atoms with Crippen molar-refractivity contribution >= 4 is 23.2 Å². The normalized spacial score (nSPS) is 19.4. The Balaban J connectivity index is 1.89. The van der Waals surface area contributed by atoms with Crippen LogP contribution in [0.2, 0.25) is 0 Å². The monoisotopic (exact) mass is 281 g/mol. The minimum Gasteiger partial charge on any atom is -0.481 e. The lowest BCUT2D eigenvalue weighted by Gasteiger charge is -2.35. The summed E-state index contributed by atoms with van der Waals surface area (Å²) in [5.41, 5.74) is 0. The zero-order chi connectivity index (χ0) is 13.7. The molecule has 1 aromatic heterocycles. The van der Waals surface area contributed by atoms with E-state index in [4.69, 9.17) is 5.11 Å². The van der Waals surface area contributed by atoms with Gasteiger partial charge in [-0.15, -0.1) is 11.3 Å². The predicted molar refractivity (Wildman–Crippen MR) is 74.2 cm³/mol. The third kappa shape index (κ3) is 4.06. The van der Waals surface area contributed by atoms with Gasteiger partial charge in [-0.2, -0.15) is 0 Å². The summed E-state index contributed by atoms with van der Waals surface area (Å²) in [6.07, 6.45) is 4.14. The molecule has 0 spiro atoms. The fourth-order valence-corrected chi connectivity index (χ4v) is 3.28. The molecule has 0 aliphatic carbocycles. The number of hydrogen-bond acceptors (Lipinski definition) is 3. The molecule has 1 saturated heterocycles. The topological polar surface area (TPSA) is 57.6 Å². The molecule has 1 N–H and O–H groups in total. The molecule has 0 bridgehead atoms. The molecular formula is C14H19NO3S. The van der Waals surface area contributed by atoms with Crippen LogP contribution in [0.15, 0.2) is 17.5 Å². The Morgan fingerprint density at radius 3 is 2.95 bits per heavy atom. The molecule has 1 atom stereocenters. The van der Waals surface area contributed by atoms with E-state index < -0.39 is 5.97 Å². The van der Waals surface area contributed by atoms with E-state index in [1.54, 1.807) is 16.2 Å². The van der Waals surface area contributed by atoms with Crippen LogP contribution >= 0.6 is 11.3 Å². The number of rotatable bonds is 5. The Kier molecular flexibility index (Phi) is 4.96. The standard InChI is InChI=1S/C14H19NO3S/c16-13(7-6-12-5-3-9-19-12)15-8-2-1-4-11(15)10-14(17)18/h3,5,9,11H,1-2,4,6-8,10H2,(H,17,18). The molecular weight excluding hydrogens is 262 g/mol. The third-order valence-electron chi connectivity index (χ3n) is 3.52. The third-order valence-corrected chi connectivity index (χ3v) is 4.46. The molecule has 5 heteroatoms. The first kappa shape index (κ1) is 14.1. The average Bonchev–Trinajstić information content (AvgIpc) is 2.89. The van der Waals surface area contributed by atoms with Gasteiger partial charge in [-0.25, -0.2) is 0 Å². The smallest absolute Gasteiger partial charge is 0.305 e. The molecule has 0 saturated carbocycles. The number of nitrogens with zero attached hydrogens (tertiary/aromatic N) is 1. The van der Waals surface area contributed by atoms with E-state index in [1.807, 2.05) is 17.5 Å². The van der Waals surface area contributed by atoms with Crippen molar-refractivity contribution in [1.29, 1.82) is 0 Å². The van der Waals surface area contributed by atoms with Crippen molar-refractivity contribution in [3.8, 4) is 0 Å². The molecule has 1 fully saturated rings. The van der Waals surface area contributed by atoms with Gasteiger partial charge >= 0.3 is 5.97 Å². The Hall–Kier alpha value is -1.36. The van der Waals surface area contributed by atoms with E-state index in [1.165, 1.54) is 4.88 Å². The van der Waals surface area contributed by atoms with Crippen LogP contribution in [-0.2, 0) is 16.0 Å². The SMILES string of the molecule is O=C(O)CC1CCCCN1C(=O)CCc1cccs1. The fraction of sp³-hybridized carbons (Fsp3) is 0.571. The maximum atomic E-state index is 12.2. The van der Waals surface area contributed by atoms with Crippen molar-refractivity contribution in [1.82, 2.24) is 4.90 Å². The Labute approximate surface area is 117 Å². The molecule has 1 aromatic rings. The molecule has 1 aliphatic rings. The first-order valence-electron chi connectivity index (χ1n) is 6.70. The molecule has 1 aliphatic heterocycles. The minimum atomic E-state index is -0.817. The van der Waals surface area contributed by atoms with Gasteiger partial charge in [-0.3, -0.25) is 9.59 Å². The molecule has 0 radical (unpaired) electrons. The summed E-state index contributed by atoms with van der Waals surface area (Å²) in [7, 11) is 0. The second kappa shape index (κ2) is 6.70. The molecule has 1 unspecified atom stereocenters. The largest absolute Gasteiger partial charge is 0.481 e. The van der Waals surface area contributed by atoms with Crippen molar-refractivity contribution in [2.24, 2.45) is 0 Å². The molecule has 4 nitrogen and oxygen atoms in total. The highest BCUT2D eigenvalue weighted by Crippen LogP contribution is 2.21. The molecule has 1 amide bonds. The van der Waals surface area contributed by atoms with Crippen LogP contribution in [0.1, 0.15) is 37.0 Å². The Morgan fingerprint density at radius 2 is 2.26 bits per heavy atom. The number of piperidine rings is 1. The summed E-state index contributed by atoms with van der Waals surface area (Å²) in [5, 5.41) is 10.9. The van der Waals surface area contributed by atoms with Crippen LogP contribution in [-0.4, -0.2) is 34.5 Å². The van der Waals surface area contributed by atoms with Crippen LogP contribution in [0.5, 0.6) is 0 Å². The van der Waals surface area contributed by atoms with Gasteiger partial charge in [0, 0.05) is 23.9 Å². The first-order chi connectivity index (χ1) is 9.16. The van der Waals surface area contributed by atoms with E-state index in [9.17, 15) is 9.59 Å². The Morgan fingerprint density at radius 1 is 1.42 bits per heavy atom. The van der Waals surface area contributed by atoms with Crippen molar-refractivity contribution in [3.05, 3.63) is 22.4 Å². The van der Waals surface area contributed by atoms with E-state index in [0.29, 0.717) is 13.0 Å². The minimum absolute atomic E-state index is 0.0741. The van der Waals surface area contributed by atoms with Crippen LogP contribution in [0.4, 0.5) is 0 Å². The number of amides is 1. The van der Waals surface area contributed by atoms with Crippen LogP contribution in [0.3, 0.4) is 0 Å². The van der Waals surface area contributed by atoms with Crippen molar-refractivity contribution in [2.75, 3.05) is 6.54 Å². The van der Waals surface area contributed by atoms with Gasteiger partial charge in [-0.05, 0) is 37.1 Å². The number of hydrogen-bond donors (Lipinski definition) is 1. The average molecular weight is 281 g/mol. The maximum absolute atomic E-state index is 12.2. The lowest BCUT2D eigenvalue weighted by atomic mass is 9.98. The zero-order valence-corrected chi connectivity index (χ0v) is 11.7. The van der Waals surface area contributed by atoms with E-state index >= 15 is 0 Å². The lowest BCUT2D eigenvalue weighted by molar-refractivity contribution is -0.141. The van der Waals surface area contributed by atoms with E-state index in [2.05, 4.69) is 0 Å². The fourth-order valence-electron chi connectivity index (χ4n) is 2.57. The Bertz CT molecular complexity index is 430. The predicted octanol–water partition coefficient (Wildman–Crippen LogP) is 2.54. The summed E-state index contributed by atoms with van der Waals surface area (Å²) in [4.78, 5) is 26.1. The number of likely N-dealkylation sites (tertiary alicyclic amines) is 1. The maximum Gasteiger partial charge on any atom is 0.305 e. The zero-order valence-electron chi connectivity index (χ0n) is 10.9. The number of carboxylic acids is 1. The van der Waals surface area contributed by atoms with Gasteiger partial charge in [0.1, 0.15) is 0 Å². The summed E-state index contributed by atoms with van der Waals surface area (Å²) < 4.78 is 0. The first-order valence-corrected chi connectivity index (χ1v) is 7.58. The second-order valence-electron chi connectivity index (χ2n) is 4.91. The number of aryl methyl sites for hydroxylation is 1. The summed E-state index contributed by atoms with van der Waals surface area (Å²) in [5.74, 6) is -0.720. The lowest BCUT2D eigenvalue weighted by Crippen LogP contribution is -2.44. The number of carboxylic acid groups (broad SMARTS) is 1. The van der Waals surface area contributed by atoms with E-state index in [0.717, 1.165) is 25.7 Å². The van der Waals surface area contributed by atoms with Gasteiger partial charge < -0.3 is 10.0 Å². The molecule has 104 valence electrons. The van der Waals surface area contributed by atoms with Crippen LogP contribution in [0.25, 0.3) is 0 Å². The highest BCUT2D eigenvalue weighted by Gasteiger charge is 2.27. The van der Waals surface area contributed by atoms with Gasteiger partial charge in [0.15, 0.2) is 0 Å². The van der Waals surface area contributed by atoms with Crippen LogP contribution in [0, 0.1) is 0 Å². The summed E-state index contributed by atoms with van der Waals surface area (Å²) >= 11 is 1.66. The number of carbonyl (C=O) groups is 2. The van der Waals surface area contributed by atoms with Crippen molar-refractivity contribution in [3.63, 3.8) is 0 Å². The van der Waals surface area contributed by atoms with Gasteiger partial charge in [0.25, 0.3) is 0 Å².